The van der Waals surface area contributed by atoms with E-state index in [2.05, 4.69) is 9.97 Å². The largest absolute Gasteiger partial charge is 0.324 e. The molecule has 0 saturated carbocycles. The first-order chi connectivity index (χ1) is 7.29. The van der Waals surface area contributed by atoms with Gasteiger partial charge in [0.25, 0.3) is 0 Å². The molecule has 1 aromatic carbocycles. The quantitative estimate of drug-likeness (QED) is 0.843. The van der Waals surface area contributed by atoms with Crippen LogP contribution in [0.25, 0.3) is 11.1 Å². The molecule has 0 atom stereocenters. The number of nitrogens with two attached hydrogens (primary N) is 1. The van der Waals surface area contributed by atoms with E-state index in [1.165, 1.54) is 0 Å². The van der Waals surface area contributed by atoms with Crippen molar-refractivity contribution in [3.63, 3.8) is 0 Å². The molecule has 2 rings (SSSR count). The maximum Gasteiger partial charge on any atom is 0.141 e. The molecule has 3 nitrogen and oxygen atoms in total. The van der Waals surface area contributed by atoms with Gasteiger partial charge in [0.05, 0.1) is 6.54 Å². The summed E-state index contributed by atoms with van der Waals surface area (Å²) in [6.07, 6.45) is 3.52. The minimum absolute atomic E-state index is 0.362. The number of rotatable bonds is 2. The van der Waals surface area contributed by atoms with Gasteiger partial charge in [0.2, 0.25) is 0 Å². The molecule has 4 heteroatoms. The van der Waals surface area contributed by atoms with Crippen LogP contribution in [0, 0.1) is 0 Å². The normalized spacial score (nSPS) is 10.3. The van der Waals surface area contributed by atoms with Crippen molar-refractivity contribution in [1.82, 2.24) is 9.97 Å². The van der Waals surface area contributed by atoms with Gasteiger partial charge in [-0.1, -0.05) is 23.7 Å². The summed E-state index contributed by atoms with van der Waals surface area (Å²) in [6, 6.07) is 7.55. The van der Waals surface area contributed by atoms with Crippen LogP contribution in [0.15, 0.2) is 36.7 Å². The maximum absolute atomic E-state index is 5.80. The van der Waals surface area contributed by atoms with Crippen molar-refractivity contribution in [2.45, 2.75) is 6.54 Å². The molecule has 0 aliphatic carbocycles. The molecule has 76 valence electrons. The summed E-state index contributed by atoms with van der Waals surface area (Å²) in [7, 11) is 0. The van der Waals surface area contributed by atoms with Gasteiger partial charge >= 0.3 is 0 Å². The predicted octanol–water partition coefficient (Wildman–Crippen LogP) is 2.26. The van der Waals surface area contributed by atoms with Crippen molar-refractivity contribution in [3.05, 3.63) is 47.5 Å². The Hall–Kier alpha value is -1.45. The molecule has 0 saturated heterocycles. The van der Waals surface area contributed by atoms with Gasteiger partial charge in [-0.3, -0.25) is 0 Å². The highest BCUT2D eigenvalue weighted by molar-refractivity contribution is 6.30. The molecule has 0 radical (unpaired) electrons. The topological polar surface area (TPSA) is 51.8 Å². The molecule has 0 amide bonds. The Labute approximate surface area is 92.9 Å². The summed E-state index contributed by atoms with van der Waals surface area (Å²) in [5.74, 6) is 0.646. The molecule has 2 aromatic rings. The van der Waals surface area contributed by atoms with E-state index in [9.17, 15) is 0 Å². The van der Waals surface area contributed by atoms with Crippen LogP contribution in [0.4, 0.5) is 0 Å². The molecule has 0 bridgehead atoms. The van der Waals surface area contributed by atoms with E-state index in [1.54, 1.807) is 12.4 Å². The fourth-order valence-electron chi connectivity index (χ4n) is 1.25. The smallest absolute Gasteiger partial charge is 0.141 e. The third kappa shape index (κ3) is 2.32. The van der Waals surface area contributed by atoms with Gasteiger partial charge in [-0.25, -0.2) is 9.97 Å². The van der Waals surface area contributed by atoms with Crippen molar-refractivity contribution in [3.8, 4) is 11.1 Å². The van der Waals surface area contributed by atoms with Crippen LogP contribution in [0.1, 0.15) is 5.82 Å². The Kier molecular flexibility index (Phi) is 2.94. The van der Waals surface area contributed by atoms with E-state index < -0.39 is 0 Å². The highest BCUT2D eigenvalue weighted by atomic mass is 35.5. The Morgan fingerprint density at radius 3 is 2.13 bits per heavy atom. The van der Waals surface area contributed by atoms with Crippen LogP contribution in [0.5, 0.6) is 0 Å². The van der Waals surface area contributed by atoms with Crippen LogP contribution in [-0.4, -0.2) is 9.97 Å². The lowest BCUT2D eigenvalue weighted by Crippen LogP contribution is -2.01. The highest BCUT2D eigenvalue weighted by Crippen LogP contribution is 2.19. The van der Waals surface area contributed by atoms with Gasteiger partial charge in [-0.15, -0.1) is 0 Å². The number of benzene rings is 1. The first kappa shape index (κ1) is 10.1. The maximum atomic E-state index is 5.80. The summed E-state index contributed by atoms with van der Waals surface area (Å²) < 4.78 is 0. The highest BCUT2D eigenvalue weighted by Gasteiger charge is 1.99. The average molecular weight is 220 g/mol. The number of aromatic nitrogens is 2. The second-order valence-corrected chi connectivity index (χ2v) is 3.54. The van der Waals surface area contributed by atoms with Gasteiger partial charge in [-0.2, -0.15) is 0 Å². The van der Waals surface area contributed by atoms with Crippen molar-refractivity contribution in [1.29, 1.82) is 0 Å². The SMILES string of the molecule is NCc1ncc(-c2ccc(Cl)cc2)cn1. The van der Waals surface area contributed by atoms with Crippen molar-refractivity contribution < 1.29 is 0 Å². The van der Waals surface area contributed by atoms with Gasteiger partial charge in [0, 0.05) is 23.0 Å². The van der Waals surface area contributed by atoms with E-state index in [0.717, 1.165) is 16.1 Å². The van der Waals surface area contributed by atoms with Crippen LogP contribution >= 0.6 is 11.6 Å². The minimum Gasteiger partial charge on any atom is -0.324 e. The van der Waals surface area contributed by atoms with Crippen molar-refractivity contribution in [2.75, 3.05) is 0 Å². The van der Waals surface area contributed by atoms with Crippen molar-refractivity contribution >= 4 is 11.6 Å². The van der Waals surface area contributed by atoms with E-state index in [-0.39, 0.29) is 0 Å². The number of halogens is 1. The van der Waals surface area contributed by atoms with Crippen LogP contribution in [-0.2, 0) is 6.54 Å². The molecule has 0 fully saturated rings. The predicted molar refractivity (Wildman–Crippen MR) is 60.4 cm³/mol. The average Bonchev–Trinajstić information content (AvgIpc) is 2.30. The summed E-state index contributed by atoms with van der Waals surface area (Å²) >= 11 is 5.80. The second kappa shape index (κ2) is 4.38. The summed E-state index contributed by atoms with van der Waals surface area (Å²) in [5.41, 5.74) is 7.42. The van der Waals surface area contributed by atoms with Crippen LogP contribution in [0.2, 0.25) is 5.02 Å². The van der Waals surface area contributed by atoms with Gasteiger partial charge in [0.1, 0.15) is 5.82 Å². The minimum atomic E-state index is 0.362. The molecular weight excluding hydrogens is 210 g/mol. The van der Waals surface area contributed by atoms with E-state index >= 15 is 0 Å². The molecular formula is C11H10ClN3. The molecule has 1 aromatic heterocycles. The molecule has 0 aliphatic rings. The third-order valence-corrected chi connectivity index (χ3v) is 2.32. The Morgan fingerprint density at radius 1 is 1.00 bits per heavy atom. The van der Waals surface area contributed by atoms with E-state index in [4.69, 9.17) is 17.3 Å². The first-order valence-electron chi connectivity index (χ1n) is 4.56. The Bertz CT molecular complexity index is 436. The molecule has 0 unspecified atom stereocenters. The van der Waals surface area contributed by atoms with Gasteiger partial charge in [0.15, 0.2) is 0 Å². The second-order valence-electron chi connectivity index (χ2n) is 3.10. The Balaban J connectivity index is 2.33. The standard InChI is InChI=1S/C11H10ClN3/c12-10-3-1-8(2-4-10)9-6-14-11(5-13)15-7-9/h1-4,6-7H,5,13H2. The summed E-state index contributed by atoms with van der Waals surface area (Å²) in [5, 5.41) is 0.721. The zero-order chi connectivity index (χ0) is 10.7. The molecule has 2 N–H and O–H groups in total. The lowest BCUT2D eigenvalue weighted by Gasteiger charge is -2.01. The zero-order valence-corrected chi connectivity index (χ0v) is 8.78. The van der Waals surface area contributed by atoms with E-state index in [0.29, 0.717) is 12.4 Å². The number of nitrogens with zero attached hydrogens (tertiary/aromatic N) is 2. The molecule has 15 heavy (non-hydrogen) atoms. The molecule has 0 spiro atoms. The Morgan fingerprint density at radius 2 is 1.60 bits per heavy atom. The summed E-state index contributed by atoms with van der Waals surface area (Å²) in [4.78, 5) is 8.25. The monoisotopic (exact) mass is 219 g/mol. The lowest BCUT2D eigenvalue weighted by atomic mass is 10.1. The molecule has 0 aliphatic heterocycles. The summed E-state index contributed by atoms with van der Waals surface area (Å²) in [6.45, 7) is 0.362. The van der Waals surface area contributed by atoms with Crippen molar-refractivity contribution in [2.24, 2.45) is 5.73 Å². The zero-order valence-electron chi connectivity index (χ0n) is 8.02. The number of hydrogen-bond acceptors (Lipinski definition) is 3. The van der Waals surface area contributed by atoms with Gasteiger partial charge in [-0.05, 0) is 17.7 Å². The molecule has 1 heterocycles. The van der Waals surface area contributed by atoms with Crippen LogP contribution < -0.4 is 5.73 Å². The first-order valence-corrected chi connectivity index (χ1v) is 4.94. The third-order valence-electron chi connectivity index (χ3n) is 2.07. The number of hydrogen-bond donors (Lipinski definition) is 1. The van der Waals surface area contributed by atoms with Gasteiger partial charge < -0.3 is 5.73 Å². The lowest BCUT2D eigenvalue weighted by molar-refractivity contribution is 0.910. The fraction of sp³-hybridized carbons (Fsp3) is 0.0909. The fourth-order valence-corrected chi connectivity index (χ4v) is 1.38. The van der Waals surface area contributed by atoms with E-state index in [1.807, 2.05) is 24.3 Å². The van der Waals surface area contributed by atoms with Crippen LogP contribution in [0.3, 0.4) is 0 Å².